The molecule has 0 spiro atoms. The molecule has 0 aliphatic rings. The van der Waals surface area contributed by atoms with E-state index in [4.69, 9.17) is 28.3 Å². The molecule has 0 bridgehead atoms. The number of hydrogen-bond acceptors (Lipinski definition) is 3. The Balaban J connectivity index is 3.26. The summed E-state index contributed by atoms with van der Waals surface area (Å²) >= 11 is 11.2. The van der Waals surface area contributed by atoms with Crippen LogP contribution in [0.5, 0.6) is 0 Å². The van der Waals surface area contributed by atoms with Gasteiger partial charge in [-0.15, -0.1) is 23.2 Å². The minimum absolute atomic E-state index is 0.0517. The topological polar surface area (TPSA) is 74.6 Å². The van der Waals surface area contributed by atoms with Crippen molar-refractivity contribution in [1.29, 1.82) is 0 Å². The Labute approximate surface area is 114 Å². The van der Waals surface area contributed by atoms with Gasteiger partial charge in [0.25, 0.3) is 0 Å². The van der Waals surface area contributed by atoms with Crippen LogP contribution in [-0.2, 0) is 10.7 Å². The molecule has 0 heterocycles. The predicted octanol–water partition coefficient (Wildman–Crippen LogP) is 2.36. The van der Waals surface area contributed by atoms with E-state index < -0.39 is 12.1 Å². The lowest BCUT2D eigenvalue weighted by Gasteiger charge is -2.14. The van der Waals surface area contributed by atoms with Crippen LogP contribution in [0.3, 0.4) is 0 Å². The van der Waals surface area contributed by atoms with Gasteiger partial charge in [-0.1, -0.05) is 18.2 Å². The van der Waals surface area contributed by atoms with Crippen molar-refractivity contribution >= 4 is 35.0 Å². The Hall–Kier alpha value is -1.10. The van der Waals surface area contributed by atoms with Crippen molar-refractivity contribution in [1.82, 2.24) is 0 Å². The molecule has 0 amide bonds. The molecule has 0 fully saturated rings. The summed E-state index contributed by atoms with van der Waals surface area (Å²) in [4.78, 5) is 22.6. The van der Waals surface area contributed by atoms with Crippen LogP contribution in [0.15, 0.2) is 18.2 Å². The van der Waals surface area contributed by atoms with Gasteiger partial charge in [-0.3, -0.25) is 4.79 Å². The van der Waals surface area contributed by atoms with Crippen molar-refractivity contribution < 1.29 is 19.8 Å². The van der Waals surface area contributed by atoms with Gasteiger partial charge < -0.3 is 10.2 Å². The van der Waals surface area contributed by atoms with Crippen molar-refractivity contribution in [2.24, 2.45) is 0 Å². The van der Waals surface area contributed by atoms with Crippen LogP contribution in [0.2, 0.25) is 0 Å². The van der Waals surface area contributed by atoms with E-state index in [-0.39, 0.29) is 29.5 Å². The normalized spacial score (nSPS) is 12.2. The maximum atomic E-state index is 11.8. The monoisotopic (exact) mass is 290 g/mol. The first-order valence-electron chi connectivity index (χ1n) is 5.20. The van der Waals surface area contributed by atoms with Gasteiger partial charge >= 0.3 is 5.97 Å². The molecule has 18 heavy (non-hydrogen) atoms. The summed E-state index contributed by atoms with van der Waals surface area (Å²) in [7, 11) is 0. The van der Waals surface area contributed by atoms with E-state index in [9.17, 15) is 14.7 Å². The van der Waals surface area contributed by atoms with E-state index in [1.807, 2.05) is 0 Å². The summed E-state index contributed by atoms with van der Waals surface area (Å²) in [6, 6.07) is 4.50. The third-order valence-corrected chi connectivity index (χ3v) is 2.95. The second-order valence-corrected chi connectivity index (χ2v) is 4.26. The van der Waals surface area contributed by atoms with Gasteiger partial charge in [0.05, 0.1) is 0 Å². The number of carboxylic acid groups (broad SMARTS) is 1. The first-order chi connectivity index (χ1) is 8.52. The first kappa shape index (κ1) is 15.0. The van der Waals surface area contributed by atoms with Gasteiger partial charge in [-0.25, -0.2) is 4.79 Å². The van der Waals surface area contributed by atoms with Crippen LogP contribution in [0.25, 0.3) is 0 Å². The fourth-order valence-electron chi connectivity index (χ4n) is 1.62. The molecule has 0 saturated carbocycles. The number of ketones is 1. The summed E-state index contributed by atoms with van der Waals surface area (Å²) in [5.74, 6) is -1.49. The number of carbonyl (C=O) groups excluding carboxylic acids is 1. The lowest BCUT2D eigenvalue weighted by molar-refractivity contribution is -0.147. The number of carbonyl (C=O) groups is 2. The quantitative estimate of drug-likeness (QED) is 0.623. The van der Waals surface area contributed by atoms with Crippen LogP contribution in [-0.4, -0.2) is 27.8 Å². The van der Waals surface area contributed by atoms with Crippen molar-refractivity contribution in [2.75, 3.05) is 5.88 Å². The maximum Gasteiger partial charge on any atom is 0.337 e. The fraction of sp³-hybridized carbons (Fsp3) is 0.333. The molecule has 0 aliphatic heterocycles. The number of aliphatic hydroxyl groups excluding tert-OH is 1. The summed E-state index contributed by atoms with van der Waals surface area (Å²) in [6.07, 6.45) is -1.56. The van der Waals surface area contributed by atoms with Crippen molar-refractivity contribution in [2.45, 2.75) is 18.4 Å². The zero-order valence-corrected chi connectivity index (χ0v) is 10.9. The zero-order chi connectivity index (χ0) is 13.7. The molecule has 1 unspecified atom stereocenters. The van der Waals surface area contributed by atoms with Crippen molar-refractivity contribution in [3.05, 3.63) is 34.9 Å². The van der Waals surface area contributed by atoms with Crippen molar-refractivity contribution in [3.63, 3.8) is 0 Å². The van der Waals surface area contributed by atoms with Gasteiger partial charge in [0.15, 0.2) is 11.9 Å². The number of carboxylic acids is 1. The molecule has 1 aromatic rings. The minimum atomic E-state index is -1.69. The average molecular weight is 291 g/mol. The van der Waals surface area contributed by atoms with Gasteiger partial charge in [-0.2, -0.15) is 0 Å². The maximum absolute atomic E-state index is 11.8. The zero-order valence-electron chi connectivity index (χ0n) is 9.40. The second kappa shape index (κ2) is 6.73. The van der Waals surface area contributed by atoms with E-state index in [1.54, 1.807) is 6.07 Å². The number of benzene rings is 1. The SMILES string of the molecule is O=C(CCCl)c1cccc(C(O)C(=O)O)c1CCl. The van der Waals surface area contributed by atoms with Crippen molar-refractivity contribution in [3.8, 4) is 0 Å². The smallest absolute Gasteiger partial charge is 0.337 e. The highest BCUT2D eigenvalue weighted by molar-refractivity contribution is 6.20. The predicted molar refractivity (Wildman–Crippen MR) is 68.3 cm³/mol. The molecule has 2 N–H and O–H groups in total. The largest absolute Gasteiger partial charge is 0.479 e. The van der Waals surface area contributed by atoms with E-state index in [0.717, 1.165) is 0 Å². The van der Waals surface area contributed by atoms with Gasteiger partial charge in [0.1, 0.15) is 0 Å². The van der Waals surface area contributed by atoms with E-state index in [1.165, 1.54) is 12.1 Å². The average Bonchev–Trinajstić information content (AvgIpc) is 2.36. The Kier molecular flexibility index (Phi) is 5.59. The van der Waals surface area contributed by atoms with Crippen LogP contribution in [0, 0.1) is 0 Å². The van der Waals surface area contributed by atoms with Crippen LogP contribution in [0.4, 0.5) is 0 Å². The van der Waals surface area contributed by atoms with Gasteiger partial charge in [0.2, 0.25) is 0 Å². The van der Waals surface area contributed by atoms with Gasteiger partial charge in [0, 0.05) is 23.7 Å². The Morgan fingerprint density at radius 3 is 2.44 bits per heavy atom. The fourth-order valence-corrected chi connectivity index (χ4v) is 2.09. The number of halogens is 2. The molecule has 0 saturated heterocycles. The van der Waals surface area contributed by atoms with Crippen LogP contribution in [0.1, 0.15) is 34.0 Å². The standard InChI is InChI=1S/C12H12Cl2O4/c13-5-4-10(15)7-2-1-3-8(9(7)6-14)11(16)12(17)18/h1-3,11,16H,4-6H2,(H,17,18). The van der Waals surface area contributed by atoms with Crippen LogP contribution < -0.4 is 0 Å². The van der Waals surface area contributed by atoms with E-state index >= 15 is 0 Å². The number of aliphatic hydroxyl groups is 1. The highest BCUT2D eigenvalue weighted by atomic mass is 35.5. The first-order valence-corrected chi connectivity index (χ1v) is 6.27. The summed E-state index contributed by atoms with van der Waals surface area (Å²) < 4.78 is 0. The van der Waals surface area contributed by atoms with E-state index in [2.05, 4.69) is 0 Å². The lowest BCUT2D eigenvalue weighted by Crippen LogP contribution is -2.15. The number of alkyl halides is 2. The second-order valence-electron chi connectivity index (χ2n) is 3.61. The summed E-state index contributed by atoms with van der Waals surface area (Å²) in [6.45, 7) is 0. The molecule has 6 heteroatoms. The Morgan fingerprint density at radius 2 is 1.94 bits per heavy atom. The molecule has 0 aliphatic carbocycles. The molecule has 0 radical (unpaired) electrons. The van der Waals surface area contributed by atoms with Gasteiger partial charge in [-0.05, 0) is 11.1 Å². The number of hydrogen-bond donors (Lipinski definition) is 2. The molecule has 1 aromatic carbocycles. The third kappa shape index (κ3) is 3.22. The highest BCUT2D eigenvalue weighted by Crippen LogP contribution is 2.24. The third-order valence-electron chi connectivity index (χ3n) is 2.50. The highest BCUT2D eigenvalue weighted by Gasteiger charge is 2.22. The molecule has 98 valence electrons. The molecule has 4 nitrogen and oxygen atoms in total. The number of Topliss-reactive ketones (excluding diaryl/α,β-unsaturated/α-hetero) is 1. The molecular formula is C12H12Cl2O4. The molecular weight excluding hydrogens is 279 g/mol. The number of rotatable bonds is 6. The Bertz CT molecular complexity index is 459. The Morgan fingerprint density at radius 1 is 1.28 bits per heavy atom. The molecule has 1 atom stereocenters. The summed E-state index contributed by atoms with van der Waals surface area (Å²) in [5, 5.41) is 18.3. The summed E-state index contributed by atoms with van der Waals surface area (Å²) in [5.41, 5.74) is 0.783. The van der Waals surface area contributed by atoms with Crippen LogP contribution >= 0.6 is 23.2 Å². The van der Waals surface area contributed by atoms with E-state index in [0.29, 0.717) is 11.1 Å². The number of aliphatic carboxylic acids is 1. The molecule has 0 aromatic heterocycles. The lowest BCUT2D eigenvalue weighted by atomic mass is 9.95. The minimum Gasteiger partial charge on any atom is -0.479 e. The molecule has 1 rings (SSSR count).